The van der Waals surface area contributed by atoms with Gasteiger partial charge in [0.2, 0.25) is 5.91 Å². The van der Waals surface area contributed by atoms with Crippen molar-refractivity contribution in [1.29, 1.82) is 0 Å². The molecule has 1 spiro atoms. The number of aromatic nitrogens is 2. The van der Waals surface area contributed by atoms with E-state index in [1.54, 1.807) is 4.57 Å². The number of carbonyl (C=O) groups is 1. The quantitative estimate of drug-likeness (QED) is 0.155. The summed E-state index contributed by atoms with van der Waals surface area (Å²) in [5.41, 5.74) is 6.52. The van der Waals surface area contributed by atoms with Gasteiger partial charge in [0.25, 0.3) is 5.56 Å². The number of thioether (sulfide) groups is 1. The first-order valence-electron chi connectivity index (χ1n) is 15.5. The van der Waals surface area contributed by atoms with Crippen molar-refractivity contribution in [3.63, 3.8) is 0 Å². The number of benzene rings is 4. The molecule has 0 saturated heterocycles. The number of nitrogens with zero attached hydrogens (tertiary/aromatic N) is 2. The van der Waals surface area contributed by atoms with Gasteiger partial charge in [-0.15, -0.1) is 0 Å². The highest BCUT2D eigenvalue weighted by molar-refractivity contribution is 7.99. The highest BCUT2D eigenvalue weighted by atomic mass is 32.2. The number of nitrogens with one attached hydrogen (secondary N) is 1. The van der Waals surface area contributed by atoms with Gasteiger partial charge in [0.1, 0.15) is 0 Å². The molecule has 0 aliphatic heterocycles. The van der Waals surface area contributed by atoms with Gasteiger partial charge in [-0.25, -0.2) is 4.98 Å². The van der Waals surface area contributed by atoms with E-state index < -0.39 is 0 Å². The number of hydrogen-bond donors (Lipinski definition) is 1. The normalized spacial score (nSPS) is 15.0. The number of carbonyl (C=O) groups excluding carboxylic acids is 1. The lowest BCUT2D eigenvalue weighted by Gasteiger charge is -2.42. The third kappa shape index (κ3) is 5.39. The fourth-order valence-corrected chi connectivity index (χ4v) is 7.89. The topological polar surface area (TPSA) is 64.0 Å². The van der Waals surface area contributed by atoms with Crippen molar-refractivity contribution in [2.24, 2.45) is 0 Å². The minimum absolute atomic E-state index is 0.00745. The van der Waals surface area contributed by atoms with E-state index in [4.69, 9.17) is 4.98 Å². The molecular formula is C38H35N3O2S. The van der Waals surface area contributed by atoms with Crippen LogP contribution in [0.1, 0.15) is 60.4 Å². The fourth-order valence-electron chi connectivity index (χ4n) is 7.07. The molecule has 1 N–H and O–H groups in total. The Kier molecular flexibility index (Phi) is 7.92. The van der Waals surface area contributed by atoms with Gasteiger partial charge in [-0.3, -0.25) is 14.2 Å². The number of fused-ring (bicyclic) bond motifs is 4. The molecule has 6 heteroatoms. The Bertz CT molecular complexity index is 1790. The molecule has 5 aromatic rings. The molecule has 1 saturated carbocycles. The van der Waals surface area contributed by atoms with Crippen LogP contribution in [-0.2, 0) is 16.6 Å². The molecule has 0 unspecified atom stereocenters. The number of para-hydroxylation sites is 1. The Morgan fingerprint density at radius 2 is 1.39 bits per heavy atom. The molecule has 1 heterocycles. The highest BCUT2D eigenvalue weighted by Crippen LogP contribution is 2.49. The summed E-state index contributed by atoms with van der Waals surface area (Å²) in [4.78, 5) is 33.6. The summed E-state index contributed by atoms with van der Waals surface area (Å²) < 4.78 is 1.74. The second-order valence-electron chi connectivity index (χ2n) is 11.9. The van der Waals surface area contributed by atoms with Gasteiger partial charge in [0.05, 0.1) is 28.7 Å². The Morgan fingerprint density at radius 1 is 0.795 bits per heavy atom. The predicted molar refractivity (Wildman–Crippen MR) is 177 cm³/mol. The van der Waals surface area contributed by atoms with Crippen LogP contribution in [0.25, 0.3) is 16.9 Å². The number of hydrogen-bond acceptors (Lipinski definition) is 4. The van der Waals surface area contributed by atoms with Gasteiger partial charge in [-0.05, 0) is 48.1 Å². The van der Waals surface area contributed by atoms with E-state index in [0.29, 0.717) is 5.16 Å². The summed E-state index contributed by atoms with van der Waals surface area (Å²) in [6.07, 6.45) is 6.30. The Morgan fingerprint density at radius 3 is 2.05 bits per heavy atom. The monoisotopic (exact) mass is 597 g/mol. The first-order valence-corrected chi connectivity index (χ1v) is 16.4. The summed E-state index contributed by atoms with van der Waals surface area (Å²) in [5, 5.41) is 3.78. The van der Waals surface area contributed by atoms with E-state index in [-0.39, 0.29) is 28.7 Å². The molecule has 220 valence electrons. The lowest BCUT2D eigenvalue weighted by molar-refractivity contribution is -0.119. The molecule has 0 bridgehead atoms. The second kappa shape index (κ2) is 12.3. The van der Waals surface area contributed by atoms with Gasteiger partial charge in [0.15, 0.2) is 5.16 Å². The minimum atomic E-state index is -0.281. The summed E-state index contributed by atoms with van der Waals surface area (Å²) in [5.74, 6) is 0.00419. The van der Waals surface area contributed by atoms with Crippen LogP contribution >= 0.6 is 11.8 Å². The predicted octanol–water partition coefficient (Wildman–Crippen LogP) is 7.66. The summed E-state index contributed by atoms with van der Waals surface area (Å²) in [7, 11) is 0. The second-order valence-corrected chi connectivity index (χ2v) is 12.8. The standard InChI is InChI=1S/C38H35N3O2S/c42-32(39-34(27-15-5-1-6-16-27)28-17-7-2-8-18-28)26-44-37-40-35-31-22-12-11-19-29(31)25-38(23-13-4-14-24-38)33(35)36(43)41(37)30-20-9-3-10-21-30/h1-3,5-12,15-22,34H,4,13-14,23-26H2,(H,39,42). The molecule has 1 amide bonds. The van der Waals surface area contributed by atoms with Crippen LogP contribution < -0.4 is 10.9 Å². The lowest BCUT2D eigenvalue weighted by atomic mass is 9.62. The smallest absolute Gasteiger partial charge is 0.263 e. The van der Waals surface area contributed by atoms with E-state index in [0.717, 1.165) is 65.7 Å². The third-order valence-electron chi connectivity index (χ3n) is 9.11. The largest absolute Gasteiger partial charge is 0.344 e. The zero-order chi connectivity index (χ0) is 29.9. The molecule has 0 radical (unpaired) electrons. The van der Waals surface area contributed by atoms with Crippen molar-refractivity contribution in [3.05, 3.63) is 148 Å². The highest BCUT2D eigenvalue weighted by Gasteiger charge is 2.43. The van der Waals surface area contributed by atoms with Crippen molar-refractivity contribution < 1.29 is 4.79 Å². The van der Waals surface area contributed by atoms with Gasteiger partial charge in [-0.1, -0.05) is 134 Å². The molecule has 2 aliphatic carbocycles. The Balaban J connectivity index is 1.28. The lowest BCUT2D eigenvalue weighted by Crippen LogP contribution is -2.43. The maximum atomic E-state index is 14.7. The van der Waals surface area contributed by atoms with Crippen molar-refractivity contribution in [3.8, 4) is 16.9 Å². The summed E-state index contributed by atoms with van der Waals surface area (Å²) in [6.45, 7) is 0. The molecule has 4 aromatic carbocycles. The molecule has 5 nitrogen and oxygen atoms in total. The fraction of sp³-hybridized carbons (Fsp3) is 0.237. The van der Waals surface area contributed by atoms with Gasteiger partial charge in [-0.2, -0.15) is 0 Å². The van der Waals surface area contributed by atoms with E-state index >= 15 is 0 Å². The SMILES string of the molecule is O=C(CSc1nc2c(c(=O)n1-c1ccccc1)C1(CCCCC1)Cc1ccccc1-2)NC(c1ccccc1)c1ccccc1. The zero-order valence-electron chi connectivity index (χ0n) is 24.6. The zero-order valence-corrected chi connectivity index (χ0v) is 25.4. The van der Waals surface area contributed by atoms with Gasteiger partial charge in [0, 0.05) is 11.0 Å². The van der Waals surface area contributed by atoms with E-state index in [2.05, 4.69) is 23.5 Å². The molecule has 1 aromatic heterocycles. The van der Waals surface area contributed by atoms with Crippen molar-refractivity contribution in [2.75, 3.05) is 5.75 Å². The first-order chi connectivity index (χ1) is 21.6. The average Bonchev–Trinajstić information content (AvgIpc) is 3.07. The molecule has 0 atom stereocenters. The first kappa shape index (κ1) is 28.4. The maximum Gasteiger partial charge on any atom is 0.263 e. The van der Waals surface area contributed by atoms with Crippen LogP contribution in [0.3, 0.4) is 0 Å². The number of amides is 1. The van der Waals surface area contributed by atoms with Crippen LogP contribution in [0.4, 0.5) is 0 Å². The van der Waals surface area contributed by atoms with Crippen LogP contribution in [-0.4, -0.2) is 21.2 Å². The summed E-state index contributed by atoms with van der Waals surface area (Å²) >= 11 is 1.32. The Hall–Kier alpha value is -4.42. The molecule has 44 heavy (non-hydrogen) atoms. The molecule has 2 aliphatic rings. The van der Waals surface area contributed by atoms with Gasteiger partial charge >= 0.3 is 0 Å². The molecule has 7 rings (SSSR count). The summed E-state index contributed by atoms with van der Waals surface area (Å²) in [6, 6.07) is 37.9. The van der Waals surface area contributed by atoms with Crippen molar-refractivity contribution in [1.82, 2.24) is 14.9 Å². The Labute approximate surface area is 262 Å². The number of rotatable bonds is 7. The van der Waals surface area contributed by atoms with Crippen molar-refractivity contribution in [2.45, 2.75) is 55.1 Å². The molecule has 1 fully saturated rings. The van der Waals surface area contributed by atoms with E-state index in [1.165, 1.54) is 23.7 Å². The van der Waals surface area contributed by atoms with Gasteiger partial charge < -0.3 is 5.32 Å². The van der Waals surface area contributed by atoms with Crippen LogP contribution in [0.15, 0.2) is 125 Å². The van der Waals surface area contributed by atoms with E-state index in [1.807, 2.05) is 97.1 Å². The average molecular weight is 598 g/mol. The van der Waals surface area contributed by atoms with Crippen LogP contribution in [0, 0.1) is 0 Å². The van der Waals surface area contributed by atoms with E-state index in [9.17, 15) is 9.59 Å². The minimum Gasteiger partial charge on any atom is -0.344 e. The maximum absolute atomic E-state index is 14.7. The van der Waals surface area contributed by atoms with Crippen LogP contribution in [0.5, 0.6) is 0 Å². The third-order valence-corrected chi connectivity index (χ3v) is 10.1. The molecular weight excluding hydrogens is 563 g/mol. The van der Waals surface area contributed by atoms with Crippen molar-refractivity contribution >= 4 is 17.7 Å². The van der Waals surface area contributed by atoms with Crippen LogP contribution in [0.2, 0.25) is 0 Å².